The van der Waals surface area contributed by atoms with Crippen molar-refractivity contribution in [3.63, 3.8) is 0 Å². The average Bonchev–Trinajstić information content (AvgIpc) is 2.85. The summed E-state index contributed by atoms with van der Waals surface area (Å²) in [6.07, 6.45) is 7.44. The Kier molecular flexibility index (Phi) is 2.50. The number of anilines is 1. The molecule has 0 aromatic carbocycles. The number of nitrogens with one attached hydrogen (secondary N) is 1. The normalized spacial score (nSPS) is 22.5. The quantitative estimate of drug-likeness (QED) is 0.882. The van der Waals surface area contributed by atoms with Crippen LogP contribution in [0.4, 0.5) is 5.82 Å². The zero-order chi connectivity index (χ0) is 12.8. The molecule has 1 aliphatic carbocycles. The van der Waals surface area contributed by atoms with Crippen LogP contribution in [0.5, 0.6) is 0 Å². The second-order valence-electron chi connectivity index (χ2n) is 5.79. The molecule has 2 heterocycles. The van der Waals surface area contributed by atoms with E-state index in [1.165, 1.54) is 19.3 Å². The van der Waals surface area contributed by atoms with Gasteiger partial charge in [0.25, 0.3) is 0 Å². The first-order valence-electron chi connectivity index (χ1n) is 6.51. The number of rotatable bonds is 2. The van der Waals surface area contributed by atoms with E-state index in [4.69, 9.17) is 0 Å². The number of nitrogens with zero attached hydrogens (tertiary/aromatic N) is 4. The van der Waals surface area contributed by atoms with Crippen molar-refractivity contribution in [3.8, 4) is 0 Å². The molecule has 1 atom stereocenters. The lowest BCUT2D eigenvalue weighted by molar-refractivity contribution is 0.349. The van der Waals surface area contributed by atoms with Crippen molar-refractivity contribution in [1.82, 2.24) is 19.6 Å². The summed E-state index contributed by atoms with van der Waals surface area (Å²) in [6.45, 7) is 6.57. The fraction of sp³-hybridized carbons (Fsp3) is 0.615. The fourth-order valence-electron chi connectivity index (χ4n) is 2.80. The molecule has 0 spiro atoms. The van der Waals surface area contributed by atoms with Crippen LogP contribution in [-0.4, -0.2) is 25.6 Å². The van der Waals surface area contributed by atoms with Crippen molar-refractivity contribution in [2.75, 3.05) is 5.32 Å². The standard InChI is InChI=1S/C13H19N5/c1-9-16-17-12-11(14-7-8-18(9)12)15-10-5-4-6-13(10,2)3/h7-8,10H,4-6H2,1-3H3,(H,14,15). The van der Waals surface area contributed by atoms with E-state index in [9.17, 15) is 0 Å². The van der Waals surface area contributed by atoms with Crippen LogP contribution < -0.4 is 5.32 Å². The van der Waals surface area contributed by atoms with Crippen LogP contribution in [0.3, 0.4) is 0 Å². The van der Waals surface area contributed by atoms with Gasteiger partial charge in [-0.2, -0.15) is 0 Å². The molecule has 1 fully saturated rings. The number of hydrogen-bond acceptors (Lipinski definition) is 4. The van der Waals surface area contributed by atoms with Gasteiger partial charge in [-0.25, -0.2) is 4.98 Å². The molecule has 1 N–H and O–H groups in total. The van der Waals surface area contributed by atoms with Gasteiger partial charge < -0.3 is 5.32 Å². The molecule has 1 unspecified atom stereocenters. The second-order valence-corrected chi connectivity index (χ2v) is 5.79. The number of hydrogen-bond donors (Lipinski definition) is 1. The summed E-state index contributed by atoms with van der Waals surface area (Å²) in [6, 6.07) is 0.466. The lowest BCUT2D eigenvalue weighted by atomic mass is 9.87. The summed E-state index contributed by atoms with van der Waals surface area (Å²) in [5.74, 6) is 1.74. The molecule has 2 aromatic heterocycles. The Morgan fingerprint density at radius 3 is 2.94 bits per heavy atom. The van der Waals surface area contributed by atoms with Gasteiger partial charge in [0.2, 0.25) is 5.65 Å². The molecule has 0 radical (unpaired) electrons. The summed E-state index contributed by atoms with van der Waals surface area (Å²) in [5.41, 5.74) is 1.14. The summed E-state index contributed by atoms with van der Waals surface area (Å²) in [7, 11) is 0. The Morgan fingerprint density at radius 2 is 2.22 bits per heavy atom. The lowest BCUT2D eigenvalue weighted by Gasteiger charge is -2.28. The highest BCUT2D eigenvalue weighted by Crippen LogP contribution is 2.39. The summed E-state index contributed by atoms with van der Waals surface area (Å²) in [5, 5.41) is 11.8. The number of aryl methyl sites for hydroxylation is 1. The van der Waals surface area contributed by atoms with Gasteiger partial charge in [-0.15, -0.1) is 10.2 Å². The molecule has 1 aliphatic rings. The van der Waals surface area contributed by atoms with Crippen molar-refractivity contribution < 1.29 is 0 Å². The SMILES string of the molecule is Cc1nnc2c(NC3CCCC3(C)C)nccn12. The molecule has 96 valence electrons. The van der Waals surface area contributed by atoms with E-state index < -0.39 is 0 Å². The molecular formula is C13H19N5. The van der Waals surface area contributed by atoms with E-state index in [1.54, 1.807) is 6.20 Å². The molecule has 0 saturated heterocycles. The van der Waals surface area contributed by atoms with E-state index >= 15 is 0 Å². The monoisotopic (exact) mass is 245 g/mol. The van der Waals surface area contributed by atoms with Crippen molar-refractivity contribution in [2.45, 2.75) is 46.1 Å². The molecule has 1 saturated carbocycles. The number of aromatic nitrogens is 4. The Morgan fingerprint density at radius 1 is 1.39 bits per heavy atom. The first kappa shape index (κ1) is 11.4. The van der Waals surface area contributed by atoms with Crippen LogP contribution in [0.25, 0.3) is 5.65 Å². The maximum Gasteiger partial charge on any atom is 0.203 e. The molecule has 0 bridgehead atoms. The first-order chi connectivity index (χ1) is 8.58. The molecular weight excluding hydrogens is 226 g/mol. The van der Waals surface area contributed by atoms with Crippen molar-refractivity contribution >= 4 is 11.5 Å². The van der Waals surface area contributed by atoms with E-state index in [-0.39, 0.29) is 0 Å². The van der Waals surface area contributed by atoms with Crippen molar-refractivity contribution in [3.05, 3.63) is 18.2 Å². The predicted molar refractivity (Wildman–Crippen MR) is 70.6 cm³/mol. The Labute approximate surface area is 107 Å². The van der Waals surface area contributed by atoms with Crippen molar-refractivity contribution in [1.29, 1.82) is 0 Å². The molecule has 0 aliphatic heterocycles. The Bertz CT molecular complexity index is 572. The largest absolute Gasteiger partial charge is 0.364 e. The highest BCUT2D eigenvalue weighted by atomic mass is 15.3. The first-order valence-corrected chi connectivity index (χ1v) is 6.51. The Hall–Kier alpha value is -1.65. The van der Waals surface area contributed by atoms with Crippen molar-refractivity contribution in [2.24, 2.45) is 5.41 Å². The maximum atomic E-state index is 4.41. The molecule has 5 nitrogen and oxygen atoms in total. The zero-order valence-corrected chi connectivity index (χ0v) is 11.1. The third-order valence-corrected chi connectivity index (χ3v) is 4.07. The minimum atomic E-state index is 0.323. The highest BCUT2D eigenvalue weighted by Gasteiger charge is 2.34. The number of fused-ring (bicyclic) bond motifs is 1. The smallest absolute Gasteiger partial charge is 0.203 e. The molecule has 0 amide bonds. The van der Waals surface area contributed by atoms with E-state index in [0.29, 0.717) is 11.5 Å². The zero-order valence-electron chi connectivity index (χ0n) is 11.1. The third-order valence-electron chi connectivity index (χ3n) is 4.07. The maximum absolute atomic E-state index is 4.41. The third kappa shape index (κ3) is 1.74. The summed E-state index contributed by atoms with van der Waals surface area (Å²) in [4.78, 5) is 4.41. The average molecular weight is 245 g/mol. The molecule has 2 aromatic rings. The van der Waals surface area contributed by atoms with Gasteiger partial charge in [0, 0.05) is 18.4 Å². The summed E-state index contributed by atoms with van der Waals surface area (Å²) < 4.78 is 1.97. The topological polar surface area (TPSA) is 55.1 Å². The Balaban J connectivity index is 1.95. The van der Waals surface area contributed by atoms with Gasteiger partial charge in [-0.05, 0) is 25.2 Å². The van der Waals surface area contributed by atoms with Crippen LogP contribution in [0.2, 0.25) is 0 Å². The van der Waals surface area contributed by atoms with Crippen LogP contribution >= 0.6 is 0 Å². The van der Waals surface area contributed by atoms with E-state index in [1.807, 2.05) is 17.5 Å². The van der Waals surface area contributed by atoms with Gasteiger partial charge in [-0.1, -0.05) is 20.3 Å². The van der Waals surface area contributed by atoms with Gasteiger partial charge >= 0.3 is 0 Å². The van der Waals surface area contributed by atoms with Crippen LogP contribution in [0, 0.1) is 12.3 Å². The van der Waals surface area contributed by atoms with Crippen LogP contribution in [-0.2, 0) is 0 Å². The van der Waals surface area contributed by atoms with E-state index in [0.717, 1.165) is 17.3 Å². The van der Waals surface area contributed by atoms with Gasteiger partial charge in [-0.3, -0.25) is 4.40 Å². The van der Waals surface area contributed by atoms with Gasteiger partial charge in [0.05, 0.1) is 0 Å². The summed E-state index contributed by atoms with van der Waals surface area (Å²) >= 11 is 0. The minimum Gasteiger partial charge on any atom is -0.364 e. The lowest BCUT2D eigenvalue weighted by Crippen LogP contribution is -2.31. The molecule has 3 rings (SSSR count). The molecule has 18 heavy (non-hydrogen) atoms. The van der Waals surface area contributed by atoms with E-state index in [2.05, 4.69) is 34.3 Å². The predicted octanol–water partition coefficient (Wildman–Crippen LogP) is 2.42. The van der Waals surface area contributed by atoms with Crippen LogP contribution in [0.1, 0.15) is 38.9 Å². The van der Waals surface area contributed by atoms with Gasteiger partial charge in [0.1, 0.15) is 5.82 Å². The minimum absolute atomic E-state index is 0.323. The van der Waals surface area contributed by atoms with Gasteiger partial charge in [0.15, 0.2) is 5.82 Å². The van der Waals surface area contributed by atoms with Crippen LogP contribution in [0.15, 0.2) is 12.4 Å². The molecule has 5 heteroatoms. The highest BCUT2D eigenvalue weighted by molar-refractivity contribution is 5.62. The second kappa shape index (κ2) is 3.93. The fourth-order valence-corrected chi connectivity index (χ4v) is 2.80.